The average Bonchev–Trinajstić information content (AvgIpc) is 3.47. The van der Waals surface area contributed by atoms with Gasteiger partial charge in [0.25, 0.3) is 0 Å². The fourth-order valence-corrected chi connectivity index (χ4v) is 3.44. The molecule has 2 aromatic carbocycles. The van der Waals surface area contributed by atoms with Crippen molar-refractivity contribution in [2.24, 2.45) is 0 Å². The number of ether oxygens (including phenoxy) is 1. The van der Waals surface area contributed by atoms with Crippen LogP contribution in [0.3, 0.4) is 0 Å². The third-order valence-corrected chi connectivity index (χ3v) is 5.18. The van der Waals surface area contributed by atoms with Crippen LogP contribution in [0.25, 0.3) is 33.7 Å². The number of aryl methyl sites for hydroxylation is 1. The Morgan fingerprint density at radius 3 is 2.15 bits per heavy atom. The summed E-state index contributed by atoms with van der Waals surface area (Å²) in [6.45, 7) is 2.09. The van der Waals surface area contributed by atoms with Gasteiger partial charge in [0.05, 0.1) is 18.5 Å². The highest BCUT2D eigenvalue weighted by Crippen LogP contribution is 2.41. The first-order valence-electron chi connectivity index (χ1n) is 9.33. The van der Waals surface area contributed by atoms with Crippen LogP contribution in [0.2, 0.25) is 0 Å². The van der Waals surface area contributed by atoms with E-state index in [1.807, 2.05) is 24.3 Å². The number of aromatic nitrogens is 3. The molecule has 27 heavy (non-hydrogen) atoms. The first-order chi connectivity index (χ1) is 13.2. The number of fused-ring (bicyclic) bond motifs is 1. The monoisotopic (exact) mass is 355 g/mol. The van der Waals surface area contributed by atoms with Gasteiger partial charge in [0, 0.05) is 16.8 Å². The molecule has 1 N–H and O–H groups in total. The summed E-state index contributed by atoms with van der Waals surface area (Å²) in [4.78, 5) is 13.5. The smallest absolute Gasteiger partial charge is 0.156 e. The van der Waals surface area contributed by atoms with Crippen molar-refractivity contribution in [2.45, 2.75) is 25.7 Å². The molecule has 0 aliphatic heterocycles. The van der Waals surface area contributed by atoms with E-state index in [-0.39, 0.29) is 0 Å². The topological polar surface area (TPSA) is 50.8 Å². The Morgan fingerprint density at radius 2 is 1.52 bits per heavy atom. The summed E-state index contributed by atoms with van der Waals surface area (Å²) in [7, 11) is 1.68. The number of rotatable bonds is 4. The molecule has 1 aliphatic rings. The van der Waals surface area contributed by atoms with Gasteiger partial charge in [-0.1, -0.05) is 29.8 Å². The van der Waals surface area contributed by atoms with Gasteiger partial charge in [0.15, 0.2) is 5.65 Å². The lowest BCUT2D eigenvalue weighted by atomic mass is 10.0. The largest absolute Gasteiger partial charge is 0.497 e. The van der Waals surface area contributed by atoms with E-state index in [4.69, 9.17) is 14.7 Å². The minimum Gasteiger partial charge on any atom is -0.497 e. The second-order valence-electron chi connectivity index (χ2n) is 7.25. The Morgan fingerprint density at radius 1 is 0.889 bits per heavy atom. The fourth-order valence-electron chi connectivity index (χ4n) is 3.44. The Labute approximate surface area is 158 Å². The summed E-state index contributed by atoms with van der Waals surface area (Å²) >= 11 is 0. The van der Waals surface area contributed by atoms with E-state index in [9.17, 15) is 0 Å². The Kier molecular flexibility index (Phi) is 3.71. The number of hydrogen-bond acceptors (Lipinski definition) is 3. The zero-order valence-corrected chi connectivity index (χ0v) is 15.5. The summed E-state index contributed by atoms with van der Waals surface area (Å²) in [5.41, 5.74) is 8.19. The SMILES string of the molecule is COc1ccc(-c2nc3[nH]c(C4CC4)cc3nc2-c2ccc(C)cc2)cc1. The van der Waals surface area contributed by atoms with Crippen LogP contribution >= 0.6 is 0 Å². The summed E-state index contributed by atoms with van der Waals surface area (Å²) in [5.74, 6) is 1.48. The molecule has 0 bridgehead atoms. The Bertz CT molecular complexity index is 1110. The molecule has 1 fully saturated rings. The third kappa shape index (κ3) is 2.97. The van der Waals surface area contributed by atoms with Crippen LogP contribution in [-0.4, -0.2) is 22.1 Å². The highest BCUT2D eigenvalue weighted by Gasteiger charge is 2.26. The lowest BCUT2D eigenvalue weighted by Gasteiger charge is -2.10. The molecule has 134 valence electrons. The lowest BCUT2D eigenvalue weighted by Crippen LogP contribution is -1.95. The molecule has 5 rings (SSSR count). The highest BCUT2D eigenvalue weighted by molar-refractivity contribution is 5.85. The fraction of sp³-hybridized carbons (Fsp3) is 0.217. The van der Waals surface area contributed by atoms with E-state index in [1.54, 1.807) is 7.11 Å². The van der Waals surface area contributed by atoms with Crippen LogP contribution < -0.4 is 4.74 Å². The molecule has 0 radical (unpaired) electrons. The van der Waals surface area contributed by atoms with Gasteiger partial charge in [-0.15, -0.1) is 0 Å². The van der Waals surface area contributed by atoms with Gasteiger partial charge in [-0.05, 0) is 56.0 Å². The third-order valence-electron chi connectivity index (χ3n) is 5.18. The summed E-state index contributed by atoms with van der Waals surface area (Å²) in [6.07, 6.45) is 2.51. The van der Waals surface area contributed by atoms with Crippen molar-refractivity contribution in [1.29, 1.82) is 0 Å². The first-order valence-corrected chi connectivity index (χ1v) is 9.33. The zero-order chi connectivity index (χ0) is 18.4. The molecule has 0 amide bonds. The van der Waals surface area contributed by atoms with E-state index in [0.29, 0.717) is 5.92 Å². The van der Waals surface area contributed by atoms with Crippen LogP contribution in [0, 0.1) is 6.92 Å². The molecule has 2 heterocycles. The molecule has 0 saturated heterocycles. The number of methoxy groups -OCH3 is 1. The van der Waals surface area contributed by atoms with Crippen molar-refractivity contribution in [1.82, 2.24) is 15.0 Å². The van der Waals surface area contributed by atoms with Crippen molar-refractivity contribution in [2.75, 3.05) is 7.11 Å². The van der Waals surface area contributed by atoms with Crippen molar-refractivity contribution in [3.63, 3.8) is 0 Å². The van der Waals surface area contributed by atoms with Gasteiger partial charge in [0.1, 0.15) is 11.3 Å². The highest BCUT2D eigenvalue weighted by atomic mass is 16.5. The van der Waals surface area contributed by atoms with Crippen molar-refractivity contribution in [3.8, 4) is 28.3 Å². The predicted octanol–water partition coefficient (Wildman–Crippen LogP) is 5.49. The normalized spacial score (nSPS) is 13.9. The molecule has 4 heteroatoms. The molecule has 1 aliphatic carbocycles. The lowest BCUT2D eigenvalue weighted by molar-refractivity contribution is 0.415. The summed E-state index contributed by atoms with van der Waals surface area (Å²) in [6, 6.07) is 18.6. The van der Waals surface area contributed by atoms with Gasteiger partial charge >= 0.3 is 0 Å². The standard InChI is InChI=1S/C23H21N3O/c1-14-3-5-16(6-4-14)21-22(17-9-11-18(27-2)12-10-17)26-23-20(24-21)13-19(25-23)15-7-8-15/h3-6,9-13,15H,7-8H2,1-2H3,(H,25,26). The van der Waals surface area contributed by atoms with Crippen LogP contribution in [0.5, 0.6) is 5.75 Å². The predicted molar refractivity (Wildman–Crippen MR) is 108 cm³/mol. The van der Waals surface area contributed by atoms with E-state index in [1.165, 1.54) is 24.1 Å². The second-order valence-corrected chi connectivity index (χ2v) is 7.25. The van der Waals surface area contributed by atoms with E-state index < -0.39 is 0 Å². The van der Waals surface area contributed by atoms with Crippen molar-refractivity contribution < 1.29 is 4.74 Å². The molecule has 1 saturated carbocycles. The van der Waals surface area contributed by atoms with Crippen molar-refractivity contribution in [3.05, 3.63) is 65.9 Å². The summed E-state index contributed by atoms with van der Waals surface area (Å²) < 4.78 is 5.30. The number of benzene rings is 2. The molecular weight excluding hydrogens is 334 g/mol. The number of nitrogens with one attached hydrogen (secondary N) is 1. The second kappa shape index (κ2) is 6.23. The molecule has 0 unspecified atom stereocenters. The van der Waals surface area contributed by atoms with Crippen LogP contribution in [0.15, 0.2) is 54.6 Å². The van der Waals surface area contributed by atoms with Crippen LogP contribution in [0.1, 0.15) is 30.0 Å². The average molecular weight is 355 g/mol. The quantitative estimate of drug-likeness (QED) is 0.527. The minimum atomic E-state index is 0.647. The van der Waals surface area contributed by atoms with Gasteiger partial charge in [-0.25, -0.2) is 9.97 Å². The minimum absolute atomic E-state index is 0.647. The number of hydrogen-bond donors (Lipinski definition) is 1. The van der Waals surface area contributed by atoms with E-state index >= 15 is 0 Å². The first kappa shape index (κ1) is 16.1. The molecule has 4 nitrogen and oxygen atoms in total. The Hall–Kier alpha value is -3.14. The molecular formula is C23H21N3O. The maximum absolute atomic E-state index is 5.30. The van der Waals surface area contributed by atoms with Gasteiger partial charge in [0.2, 0.25) is 0 Å². The molecule has 2 aromatic heterocycles. The maximum atomic E-state index is 5.30. The van der Waals surface area contributed by atoms with Gasteiger partial charge in [-0.3, -0.25) is 0 Å². The molecule has 0 spiro atoms. The van der Waals surface area contributed by atoms with Crippen LogP contribution in [0.4, 0.5) is 0 Å². The van der Waals surface area contributed by atoms with E-state index in [2.05, 4.69) is 42.2 Å². The maximum Gasteiger partial charge on any atom is 0.156 e. The zero-order valence-electron chi connectivity index (χ0n) is 15.5. The van der Waals surface area contributed by atoms with Gasteiger partial charge < -0.3 is 9.72 Å². The Balaban J connectivity index is 1.71. The molecule has 4 aromatic rings. The van der Waals surface area contributed by atoms with Crippen LogP contribution in [-0.2, 0) is 0 Å². The van der Waals surface area contributed by atoms with E-state index in [0.717, 1.165) is 39.4 Å². The number of H-pyrrole nitrogens is 1. The van der Waals surface area contributed by atoms with Gasteiger partial charge in [-0.2, -0.15) is 0 Å². The molecule has 0 atom stereocenters. The summed E-state index contributed by atoms with van der Waals surface area (Å²) in [5, 5.41) is 0. The number of nitrogens with zero attached hydrogens (tertiary/aromatic N) is 2. The number of aromatic amines is 1. The van der Waals surface area contributed by atoms with Crippen molar-refractivity contribution >= 4 is 11.2 Å².